The van der Waals surface area contributed by atoms with Gasteiger partial charge in [-0.1, -0.05) is 46.4 Å². The lowest BCUT2D eigenvalue weighted by Gasteiger charge is -2.30. The molecule has 0 radical (unpaired) electrons. The van der Waals surface area contributed by atoms with Crippen LogP contribution in [0.25, 0.3) is 0 Å². The Bertz CT molecular complexity index is 336. The molecular weight excluding hydrogens is 335 g/mol. The van der Waals surface area contributed by atoms with Crippen molar-refractivity contribution in [2.24, 2.45) is 0 Å². The highest BCUT2D eigenvalue weighted by Gasteiger charge is 2.84. The minimum absolute atomic E-state index is 0.341. The molecule has 0 aromatic heterocycles. The third-order valence-electron chi connectivity index (χ3n) is 2.76. The maximum Gasteiger partial charge on any atom is 0.172 e. The molecule has 0 amide bonds. The zero-order valence-electron chi connectivity index (χ0n) is 6.68. The summed E-state index contributed by atoms with van der Waals surface area (Å²) >= 11 is 34.7. The van der Waals surface area contributed by atoms with Gasteiger partial charge in [0.1, 0.15) is 0 Å². The Kier molecular flexibility index (Phi) is 2.74. The van der Waals surface area contributed by atoms with Crippen LogP contribution in [-0.2, 0) is 0 Å². The Morgan fingerprint density at radius 2 is 1.07 bits per heavy atom. The highest BCUT2D eigenvalue weighted by atomic mass is 35.5. The summed E-state index contributed by atoms with van der Waals surface area (Å²) in [4.78, 5) is -4.26. The minimum atomic E-state index is -2.21. The third-order valence-corrected chi connectivity index (χ3v) is 6.97. The van der Waals surface area contributed by atoms with Crippen LogP contribution >= 0.6 is 69.6 Å². The van der Waals surface area contributed by atoms with E-state index in [2.05, 4.69) is 0 Å². The predicted octanol–water partition coefficient (Wildman–Crippen LogP) is 4.51. The fraction of sp³-hybridized carbons (Fsp3) is 0.714. The SMILES string of the molecule is F[C@@H]1[C@H](F)[C@]2(Cl)C(Cl)=C(Cl)[C@@]1(Cl)C2(Cl)Cl. The van der Waals surface area contributed by atoms with Crippen molar-refractivity contribution in [2.45, 2.75) is 26.4 Å². The van der Waals surface area contributed by atoms with Crippen LogP contribution in [0.15, 0.2) is 10.1 Å². The summed E-state index contributed by atoms with van der Waals surface area (Å²) in [6, 6.07) is 0. The summed E-state index contributed by atoms with van der Waals surface area (Å²) in [6.45, 7) is 0. The van der Waals surface area contributed by atoms with Crippen LogP contribution in [0.3, 0.4) is 0 Å². The lowest BCUT2D eigenvalue weighted by atomic mass is 10.0. The van der Waals surface area contributed by atoms with E-state index >= 15 is 0 Å². The molecule has 1 fully saturated rings. The summed E-state index contributed by atoms with van der Waals surface area (Å²) in [6.07, 6.45) is -4.41. The molecule has 1 saturated carbocycles. The molecule has 86 valence electrons. The van der Waals surface area contributed by atoms with Gasteiger partial charge in [-0.05, 0) is 0 Å². The molecule has 0 N–H and O–H groups in total. The lowest BCUT2D eigenvalue weighted by Crippen LogP contribution is -2.45. The van der Waals surface area contributed by atoms with Gasteiger partial charge < -0.3 is 0 Å². The smallest absolute Gasteiger partial charge is 0.172 e. The number of hydrogen-bond acceptors (Lipinski definition) is 0. The molecule has 15 heavy (non-hydrogen) atoms. The van der Waals surface area contributed by atoms with Crippen LogP contribution in [-0.4, -0.2) is 26.4 Å². The van der Waals surface area contributed by atoms with Crippen LogP contribution in [0.5, 0.6) is 0 Å². The number of hydrogen-bond donors (Lipinski definition) is 0. The molecule has 0 nitrogen and oxygen atoms in total. The number of halogens is 8. The van der Waals surface area contributed by atoms with Gasteiger partial charge in [0.05, 0.1) is 10.1 Å². The quantitative estimate of drug-likeness (QED) is 0.571. The van der Waals surface area contributed by atoms with E-state index in [9.17, 15) is 8.78 Å². The van der Waals surface area contributed by atoms with Crippen molar-refractivity contribution in [3.63, 3.8) is 0 Å². The van der Waals surface area contributed by atoms with Gasteiger partial charge in [-0.15, -0.1) is 23.2 Å². The first-order chi connectivity index (χ1) is 6.63. The van der Waals surface area contributed by atoms with Gasteiger partial charge in [-0.25, -0.2) is 8.78 Å². The molecule has 8 heteroatoms. The molecule has 0 aromatic rings. The summed E-state index contributed by atoms with van der Waals surface area (Å²) in [5.74, 6) is 0. The van der Waals surface area contributed by atoms with E-state index in [1.54, 1.807) is 0 Å². The average Bonchev–Trinajstić information content (AvgIpc) is 2.34. The molecule has 2 aliphatic carbocycles. The van der Waals surface area contributed by atoms with Crippen LogP contribution in [0.2, 0.25) is 0 Å². The van der Waals surface area contributed by atoms with E-state index in [0.717, 1.165) is 0 Å². The van der Waals surface area contributed by atoms with Gasteiger partial charge in [0.15, 0.2) is 26.4 Å². The maximum atomic E-state index is 13.6. The second-order valence-corrected chi connectivity index (χ2v) is 6.71. The molecular formula is C7H2Cl6F2. The van der Waals surface area contributed by atoms with Crippen molar-refractivity contribution in [3.05, 3.63) is 10.1 Å². The normalized spacial score (nSPS) is 52.8. The molecule has 2 bridgehead atoms. The van der Waals surface area contributed by atoms with E-state index in [1.165, 1.54) is 0 Å². The Hall–Kier alpha value is 1.34. The fourth-order valence-corrected chi connectivity index (χ4v) is 4.48. The van der Waals surface area contributed by atoms with Crippen molar-refractivity contribution in [1.29, 1.82) is 0 Å². The van der Waals surface area contributed by atoms with Crippen LogP contribution in [0.1, 0.15) is 0 Å². The van der Waals surface area contributed by atoms with E-state index in [4.69, 9.17) is 69.6 Å². The third kappa shape index (κ3) is 1.04. The number of rotatable bonds is 0. The van der Waals surface area contributed by atoms with Crippen molar-refractivity contribution >= 4 is 69.6 Å². The van der Waals surface area contributed by atoms with E-state index < -0.39 is 26.4 Å². The molecule has 0 aliphatic heterocycles. The second-order valence-electron chi connectivity index (χ2n) is 3.43. The molecule has 0 spiro atoms. The van der Waals surface area contributed by atoms with Crippen LogP contribution < -0.4 is 0 Å². The van der Waals surface area contributed by atoms with Gasteiger partial charge in [-0.3, -0.25) is 0 Å². The molecule has 2 rings (SSSR count). The van der Waals surface area contributed by atoms with Crippen molar-refractivity contribution < 1.29 is 8.78 Å². The summed E-state index contributed by atoms with van der Waals surface area (Å²) in [5, 5.41) is -0.681. The maximum absolute atomic E-state index is 13.6. The summed E-state index contributed by atoms with van der Waals surface area (Å²) < 4.78 is 25.1. The highest BCUT2D eigenvalue weighted by molar-refractivity contribution is 6.66. The second kappa shape index (κ2) is 3.21. The van der Waals surface area contributed by atoms with E-state index in [-0.39, 0.29) is 10.1 Å². The first-order valence-corrected chi connectivity index (χ1v) is 6.00. The first kappa shape index (κ1) is 12.8. The number of fused-ring (bicyclic) bond motifs is 2. The Balaban J connectivity index is 2.76. The lowest BCUT2D eigenvalue weighted by molar-refractivity contribution is 0.167. The molecule has 2 aliphatic rings. The predicted molar refractivity (Wildman–Crippen MR) is 60.1 cm³/mol. The van der Waals surface area contributed by atoms with Gasteiger partial charge >= 0.3 is 0 Å². The molecule has 4 atom stereocenters. The number of alkyl halides is 6. The zero-order valence-corrected chi connectivity index (χ0v) is 11.2. The molecule has 0 saturated heterocycles. The average molecular weight is 337 g/mol. The number of allylic oxidation sites excluding steroid dienone is 2. The Morgan fingerprint density at radius 3 is 1.27 bits per heavy atom. The minimum Gasteiger partial charge on any atom is -0.242 e. The van der Waals surface area contributed by atoms with Crippen molar-refractivity contribution in [3.8, 4) is 0 Å². The van der Waals surface area contributed by atoms with E-state index in [0.29, 0.717) is 0 Å². The topological polar surface area (TPSA) is 0 Å². The zero-order chi connectivity index (χ0) is 11.8. The molecule has 0 aromatic carbocycles. The Morgan fingerprint density at radius 1 is 0.800 bits per heavy atom. The first-order valence-electron chi connectivity index (χ1n) is 3.73. The largest absolute Gasteiger partial charge is 0.242 e. The van der Waals surface area contributed by atoms with Crippen molar-refractivity contribution in [2.75, 3.05) is 0 Å². The van der Waals surface area contributed by atoms with Crippen molar-refractivity contribution in [1.82, 2.24) is 0 Å². The van der Waals surface area contributed by atoms with Gasteiger partial charge in [0.25, 0.3) is 0 Å². The van der Waals surface area contributed by atoms with E-state index in [1.807, 2.05) is 0 Å². The van der Waals surface area contributed by atoms with Gasteiger partial charge in [0.2, 0.25) is 0 Å². The Labute approximate surface area is 114 Å². The monoisotopic (exact) mass is 334 g/mol. The standard InChI is InChI=1S/C7H2Cl6F2/c8-1-2(9)6(11)4(15)3(14)5(1,10)7(6,12)13/h3-4H/t3-,4+,5+,6-. The van der Waals surface area contributed by atoms with Gasteiger partial charge in [0, 0.05) is 0 Å². The van der Waals surface area contributed by atoms with Gasteiger partial charge in [-0.2, -0.15) is 0 Å². The van der Waals surface area contributed by atoms with Crippen LogP contribution in [0.4, 0.5) is 8.78 Å². The fourth-order valence-electron chi connectivity index (χ4n) is 1.85. The highest BCUT2D eigenvalue weighted by Crippen LogP contribution is 2.73. The summed E-state index contributed by atoms with van der Waals surface area (Å²) in [5.41, 5.74) is 0. The van der Waals surface area contributed by atoms with Crippen LogP contribution in [0, 0.1) is 0 Å². The molecule has 0 heterocycles. The molecule has 0 unspecified atom stereocenters. The summed E-state index contributed by atoms with van der Waals surface area (Å²) in [7, 11) is 0.